The maximum Gasteiger partial charge on any atom is 0.0870 e. The van der Waals surface area contributed by atoms with Crippen molar-refractivity contribution < 1.29 is 5.11 Å². The van der Waals surface area contributed by atoms with E-state index in [9.17, 15) is 5.11 Å². The van der Waals surface area contributed by atoms with E-state index in [1.807, 2.05) is 13.0 Å². The Labute approximate surface area is 110 Å². The topological polar surface area (TPSA) is 35.5 Å². The highest BCUT2D eigenvalue weighted by atomic mass is 16.3. The van der Waals surface area contributed by atoms with Crippen molar-refractivity contribution in [1.29, 1.82) is 0 Å². The molecule has 2 N–H and O–H groups in total. The van der Waals surface area contributed by atoms with E-state index in [1.165, 1.54) is 5.56 Å². The van der Waals surface area contributed by atoms with Gasteiger partial charge in [-0.15, -0.1) is 0 Å². The number of hydrogen-bond donors (Lipinski definition) is 2. The Morgan fingerprint density at radius 3 is 2.50 bits per heavy atom. The minimum Gasteiger partial charge on any atom is -0.388 e. The predicted molar refractivity (Wildman–Crippen MR) is 74.4 cm³/mol. The zero-order chi connectivity index (χ0) is 13.2. The van der Waals surface area contributed by atoms with Crippen LogP contribution in [-0.4, -0.2) is 40.8 Å². The molecule has 1 aromatic rings. The standard InChI is InChI=1S/C15H24N2O/c1-14(2)11-17(12-15(3,18)10-16-14)9-13-7-5-4-6-8-13/h4-8,16,18H,9-12H2,1-3H3. The van der Waals surface area contributed by atoms with Crippen molar-refractivity contribution in [3.8, 4) is 0 Å². The molecule has 1 aliphatic heterocycles. The summed E-state index contributed by atoms with van der Waals surface area (Å²) in [6, 6.07) is 10.4. The van der Waals surface area contributed by atoms with E-state index in [0.29, 0.717) is 13.1 Å². The minimum absolute atomic E-state index is 0.0370. The van der Waals surface area contributed by atoms with Crippen LogP contribution in [0.2, 0.25) is 0 Å². The van der Waals surface area contributed by atoms with Crippen LogP contribution in [0.4, 0.5) is 0 Å². The van der Waals surface area contributed by atoms with Gasteiger partial charge in [0.1, 0.15) is 0 Å². The van der Waals surface area contributed by atoms with Gasteiger partial charge in [-0.3, -0.25) is 4.90 Å². The van der Waals surface area contributed by atoms with E-state index >= 15 is 0 Å². The summed E-state index contributed by atoms with van der Waals surface area (Å²) in [5.74, 6) is 0. The number of aliphatic hydroxyl groups is 1. The van der Waals surface area contributed by atoms with Crippen LogP contribution in [0.1, 0.15) is 26.3 Å². The summed E-state index contributed by atoms with van der Waals surface area (Å²) in [5.41, 5.74) is 0.670. The fraction of sp³-hybridized carbons (Fsp3) is 0.600. The molecule has 2 rings (SSSR count). The summed E-state index contributed by atoms with van der Waals surface area (Å²) in [6.45, 7) is 9.46. The van der Waals surface area contributed by atoms with Gasteiger partial charge >= 0.3 is 0 Å². The van der Waals surface area contributed by atoms with Crippen LogP contribution >= 0.6 is 0 Å². The van der Waals surface area contributed by atoms with Gasteiger partial charge < -0.3 is 10.4 Å². The molecule has 1 heterocycles. The summed E-state index contributed by atoms with van der Waals surface area (Å²) < 4.78 is 0. The molecule has 1 saturated heterocycles. The van der Waals surface area contributed by atoms with Gasteiger partial charge in [-0.2, -0.15) is 0 Å². The molecule has 1 atom stereocenters. The van der Waals surface area contributed by atoms with Crippen molar-refractivity contribution in [2.45, 2.75) is 38.5 Å². The lowest BCUT2D eigenvalue weighted by Gasteiger charge is -2.30. The van der Waals surface area contributed by atoms with E-state index in [-0.39, 0.29) is 5.54 Å². The van der Waals surface area contributed by atoms with Crippen molar-refractivity contribution in [2.24, 2.45) is 0 Å². The average Bonchev–Trinajstić information content (AvgIpc) is 2.36. The highest BCUT2D eigenvalue weighted by Gasteiger charge is 2.33. The van der Waals surface area contributed by atoms with Gasteiger partial charge in [0.2, 0.25) is 0 Å². The van der Waals surface area contributed by atoms with Crippen LogP contribution in [-0.2, 0) is 6.54 Å². The molecule has 0 aliphatic carbocycles. The van der Waals surface area contributed by atoms with E-state index in [2.05, 4.69) is 48.3 Å². The van der Waals surface area contributed by atoms with Crippen molar-refractivity contribution >= 4 is 0 Å². The quantitative estimate of drug-likeness (QED) is 0.835. The molecule has 0 amide bonds. The molecule has 18 heavy (non-hydrogen) atoms. The van der Waals surface area contributed by atoms with Crippen LogP contribution in [0.5, 0.6) is 0 Å². The van der Waals surface area contributed by atoms with Crippen LogP contribution < -0.4 is 5.32 Å². The monoisotopic (exact) mass is 248 g/mol. The Hall–Kier alpha value is -0.900. The first-order chi connectivity index (χ1) is 8.36. The molecular weight excluding hydrogens is 224 g/mol. The zero-order valence-corrected chi connectivity index (χ0v) is 11.6. The van der Waals surface area contributed by atoms with Gasteiger partial charge in [-0.25, -0.2) is 0 Å². The minimum atomic E-state index is -0.664. The van der Waals surface area contributed by atoms with Gasteiger partial charge in [0, 0.05) is 31.7 Å². The Morgan fingerprint density at radius 2 is 1.83 bits per heavy atom. The van der Waals surface area contributed by atoms with E-state index in [0.717, 1.165) is 13.1 Å². The van der Waals surface area contributed by atoms with Crippen molar-refractivity contribution in [3.63, 3.8) is 0 Å². The smallest absolute Gasteiger partial charge is 0.0870 e. The molecule has 1 unspecified atom stereocenters. The molecule has 0 spiro atoms. The number of nitrogens with one attached hydrogen (secondary N) is 1. The molecule has 0 radical (unpaired) electrons. The molecular formula is C15H24N2O. The Balaban J connectivity index is 2.10. The molecule has 3 nitrogen and oxygen atoms in total. The molecule has 0 bridgehead atoms. The van der Waals surface area contributed by atoms with E-state index < -0.39 is 5.60 Å². The van der Waals surface area contributed by atoms with Crippen LogP contribution in [0, 0.1) is 0 Å². The summed E-state index contributed by atoms with van der Waals surface area (Å²) in [6.07, 6.45) is 0. The van der Waals surface area contributed by atoms with Crippen molar-refractivity contribution in [2.75, 3.05) is 19.6 Å². The molecule has 1 fully saturated rings. The van der Waals surface area contributed by atoms with Gasteiger partial charge in [0.15, 0.2) is 0 Å². The maximum atomic E-state index is 10.3. The van der Waals surface area contributed by atoms with Crippen molar-refractivity contribution in [1.82, 2.24) is 10.2 Å². The molecule has 3 heteroatoms. The second-order valence-corrected chi connectivity index (χ2v) is 6.37. The molecule has 1 aromatic carbocycles. The largest absolute Gasteiger partial charge is 0.388 e. The SMILES string of the molecule is CC1(O)CNC(C)(C)CN(Cc2ccccc2)C1. The highest BCUT2D eigenvalue weighted by molar-refractivity contribution is 5.14. The van der Waals surface area contributed by atoms with Gasteiger partial charge in [0.05, 0.1) is 5.60 Å². The number of rotatable bonds is 2. The summed E-state index contributed by atoms with van der Waals surface area (Å²) >= 11 is 0. The third-order valence-electron chi connectivity index (χ3n) is 3.38. The number of hydrogen-bond acceptors (Lipinski definition) is 3. The third kappa shape index (κ3) is 3.80. The number of β-amino-alcohol motifs (C(OH)–C–C–N with tert-alkyl or cyclic N) is 1. The molecule has 0 aromatic heterocycles. The zero-order valence-electron chi connectivity index (χ0n) is 11.6. The number of benzene rings is 1. The van der Waals surface area contributed by atoms with Gasteiger partial charge in [-0.1, -0.05) is 30.3 Å². The Morgan fingerprint density at radius 1 is 1.17 bits per heavy atom. The lowest BCUT2D eigenvalue weighted by Crippen LogP contribution is -2.47. The average molecular weight is 248 g/mol. The summed E-state index contributed by atoms with van der Waals surface area (Å²) in [7, 11) is 0. The fourth-order valence-corrected chi connectivity index (χ4v) is 2.59. The lowest BCUT2D eigenvalue weighted by molar-refractivity contribution is 0.0321. The Kier molecular flexibility index (Phi) is 3.76. The van der Waals surface area contributed by atoms with Crippen LogP contribution in [0.25, 0.3) is 0 Å². The van der Waals surface area contributed by atoms with E-state index in [4.69, 9.17) is 0 Å². The predicted octanol–water partition coefficient (Wildman–Crippen LogP) is 1.62. The van der Waals surface area contributed by atoms with Gasteiger partial charge in [-0.05, 0) is 26.3 Å². The lowest BCUT2D eigenvalue weighted by atomic mass is 10.1. The second kappa shape index (κ2) is 5.00. The molecule has 1 aliphatic rings. The Bertz CT molecular complexity index is 369. The summed E-state index contributed by atoms with van der Waals surface area (Å²) in [4.78, 5) is 2.33. The van der Waals surface area contributed by atoms with E-state index in [1.54, 1.807) is 0 Å². The summed E-state index contributed by atoms with van der Waals surface area (Å²) in [5, 5.41) is 13.8. The third-order valence-corrected chi connectivity index (χ3v) is 3.38. The van der Waals surface area contributed by atoms with Gasteiger partial charge in [0.25, 0.3) is 0 Å². The first kappa shape index (κ1) is 13.5. The van der Waals surface area contributed by atoms with Crippen LogP contribution in [0.3, 0.4) is 0 Å². The first-order valence-corrected chi connectivity index (χ1v) is 6.60. The molecule has 100 valence electrons. The first-order valence-electron chi connectivity index (χ1n) is 6.60. The number of nitrogens with zero attached hydrogens (tertiary/aromatic N) is 1. The normalized spacial score (nSPS) is 28.9. The fourth-order valence-electron chi connectivity index (χ4n) is 2.59. The van der Waals surface area contributed by atoms with Crippen molar-refractivity contribution in [3.05, 3.63) is 35.9 Å². The van der Waals surface area contributed by atoms with Crippen LogP contribution in [0.15, 0.2) is 30.3 Å². The maximum absolute atomic E-state index is 10.3. The highest BCUT2D eigenvalue weighted by Crippen LogP contribution is 2.18. The molecule has 0 saturated carbocycles. The second-order valence-electron chi connectivity index (χ2n) is 6.37.